The fraction of sp³-hybridized carbons (Fsp3) is 0.625. The molecule has 0 fully saturated rings. The Morgan fingerprint density at radius 3 is 2.15 bits per heavy atom. The van der Waals surface area contributed by atoms with E-state index >= 15 is 0 Å². The maximum absolute atomic E-state index is 9.22. The molecule has 4 heteroatoms. The van der Waals surface area contributed by atoms with Crippen molar-refractivity contribution in [2.75, 3.05) is 6.61 Å². The van der Waals surface area contributed by atoms with E-state index in [2.05, 4.69) is 6.92 Å². The summed E-state index contributed by atoms with van der Waals surface area (Å²) in [5.41, 5.74) is 0.437. The predicted molar refractivity (Wildman–Crippen MR) is 84.4 cm³/mol. The van der Waals surface area contributed by atoms with Gasteiger partial charge < -0.3 is 14.8 Å². The molecule has 20 heavy (non-hydrogen) atoms. The molecular weight excluding hydrogens is 251 g/mol. The fourth-order valence-corrected chi connectivity index (χ4v) is 2.24. The summed E-state index contributed by atoms with van der Waals surface area (Å²) in [6.45, 7) is 2.87. The molecule has 1 aromatic rings. The summed E-state index contributed by atoms with van der Waals surface area (Å²) in [5.74, 6) is 0.574. The van der Waals surface area contributed by atoms with Crippen LogP contribution in [0.15, 0.2) is 24.3 Å². The number of benzene rings is 1. The molecule has 1 aromatic carbocycles. The van der Waals surface area contributed by atoms with E-state index in [1.165, 1.54) is 44.9 Å². The van der Waals surface area contributed by atoms with Crippen LogP contribution < -0.4 is 10.2 Å². The maximum atomic E-state index is 9.22. The van der Waals surface area contributed by atoms with Crippen molar-refractivity contribution in [3.05, 3.63) is 24.3 Å². The van der Waals surface area contributed by atoms with Gasteiger partial charge in [0, 0.05) is 5.46 Å². The zero-order valence-electron chi connectivity index (χ0n) is 12.6. The average molecular weight is 278 g/mol. The lowest BCUT2D eigenvalue weighted by Crippen LogP contribution is -2.31. The summed E-state index contributed by atoms with van der Waals surface area (Å²) in [6.07, 6.45) is 10.1. The van der Waals surface area contributed by atoms with Crippen molar-refractivity contribution >= 4 is 12.6 Å². The number of hydrogen-bond donors (Lipinski definition) is 2. The lowest BCUT2D eigenvalue weighted by Gasteiger charge is -2.10. The molecule has 0 bridgehead atoms. The lowest BCUT2D eigenvalue weighted by atomic mass is 9.79. The molecule has 0 aliphatic carbocycles. The molecule has 0 saturated heterocycles. The molecule has 0 heterocycles. The third-order valence-electron chi connectivity index (χ3n) is 3.45. The first-order chi connectivity index (χ1) is 9.75. The van der Waals surface area contributed by atoms with Gasteiger partial charge in [-0.25, -0.2) is 0 Å². The maximum Gasteiger partial charge on any atom is 0.492 e. The number of unbranched alkanes of at least 4 members (excludes halogenated alkanes) is 7. The highest BCUT2D eigenvalue weighted by atomic mass is 16.5. The van der Waals surface area contributed by atoms with Crippen LogP contribution in [-0.2, 0) is 0 Å². The van der Waals surface area contributed by atoms with Gasteiger partial charge in [-0.15, -0.1) is 0 Å². The highest BCUT2D eigenvalue weighted by molar-refractivity contribution is 6.59. The minimum absolute atomic E-state index is 0.437. The van der Waals surface area contributed by atoms with Crippen molar-refractivity contribution in [1.29, 1.82) is 0 Å². The van der Waals surface area contributed by atoms with E-state index in [1.807, 2.05) is 6.07 Å². The SMILES string of the molecule is CCCCCCCCCCOc1ccccc1B(O)O. The number of hydrogen-bond acceptors (Lipinski definition) is 3. The number of ether oxygens (including phenoxy) is 1. The van der Waals surface area contributed by atoms with Crippen LogP contribution in [0.25, 0.3) is 0 Å². The van der Waals surface area contributed by atoms with E-state index in [4.69, 9.17) is 4.74 Å². The molecule has 2 N–H and O–H groups in total. The van der Waals surface area contributed by atoms with Gasteiger partial charge in [0.15, 0.2) is 0 Å². The Labute approximate surface area is 123 Å². The second kappa shape index (κ2) is 10.8. The molecule has 0 unspecified atom stereocenters. The Bertz CT molecular complexity index is 355. The zero-order valence-corrected chi connectivity index (χ0v) is 12.6. The fourth-order valence-electron chi connectivity index (χ4n) is 2.24. The monoisotopic (exact) mass is 278 g/mol. The first kappa shape index (κ1) is 17.1. The number of rotatable bonds is 11. The van der Waals surface area contributed by atoms with Gasteiger partial charge in [0.25, 0.3) is 0 Å². The third-order valence-corrected chi connectivity index (χ3v) is 3.45. The van der Waals surface area contributed by atoms with E-state index < -0.39 is 7.12 Å². The van der Waals surface area contributed by atoms with Crippen molar-refractivity contribution in [2.45, 2.75) is 58.3 Å². The van der Waals surface area contributed by atoms with Crippen LogP contribution in [0.3, 0.4) is 0 Å². The first-order valence-electron chi connectivity index (χ1n) is 7.83. The zero-order chi connectivity index (χ0) is 14.6. The summed E-state index contributed by atoms with van der Waals surface area (Å²) in [4.78, 5) is 0. The Kier molecular flexibility index (Phi) is 9.17. The Balaban J connectivity index is 2.10. The first-order valence-corrected chi connectivity index (χ1v) is 7.83. The average Bonchev–Trinajstić information content (AvgIpc) is 2.46. The van der Waals surface area contributed by atoms with Gasteiger partial charge in [0.05, 0.1) is 6.61 Å². The molecule has 1 rings (SSSR count). The van der Waals surface area contributed by atoms with Gasteiger partial charge in [-0.05, 0) is 12.5 Å². The van der Waals surface area contributed by atoms with Crippen molar-refractivity contribution in [3.63, 3.8) is 0 Å². The van der Waals surface area contributed by atoms with Crippen LogP contribution in [0.5, 0.6) is 5.75 Å². The normalized spacial score (nSPS) is 10.6. The van der Waals surface area contributed by atoms with E-state index in [9.17, 15) is 10.0 Å². The van der Waals surface area contributed by atoms with E-state index in [0.29, 0.717) is 17.8 Å². The third kappa shape index (κ3) is 6.97. The smallest absolute Gasteiger partial charge is 0.492 e. The number of para-hydroxylation sites is 1. The van der Waals surface area contributed by atoms with Gasteiger partial charge in [0.2, 0.25) is 0 Å². The van der Waals surface area contributed by atoms with Crippen LogP contribution in [0.1, 0.15) is 58.3 Å². The molecule has 0 spiro atoms. The van der Waals surface area contributed by atoms with Gasteiger partial charge in [-0.1, -0.05) is 70.1 Å². The van der Waals surface area contributed by atoms with Crippen LogP contribution in [0.4, 0.5) is 0 Å². The summed E-state index contributed by atoms with van der Waals surface area (Å²) >= 11 is 0. The van der Waals surface area contributed by atoms with Crippen LogP contribution in [-0.4, -0.2) is 23.8 Å². The van der Waals surface area contributed by atoms with Crippen molar-refractivity contribution in [3.8, 4) is 5.75 Å². The highest BCUT2D eigenvalue weighted by Crippen LogP contribution is 2.10. The molecule has 0 aliphatic heterocycles. The Morgan fingerprint density at radius 1 is 0.900 bits per heavy atom. The highest BCUT2D eigenvalue weighted by Gasteiger charge is 2.15. The predicted octanol–water partition coefficient (Wildman–Crippen LogP) is 2.89. The standard InChI is InChI=1S/C16H27BO3/c1-2-3-4-5-6-7-8-11-14-20-16-13-10-9-12-15(16)17(18)19/h9-10,12-13,18-19H,2-8,11,14H2,1H3. The minimum atomic E-state index is -1.47. The Hall–Kier alpha value is -0.995. The van der Waals surface area contributed by atoms with Crippen molar-refractivity contribution < 1.29 is 14.8 Å². The molecular formula is C16H27BO3. The molecule has 0 aliphatic rings. The van der Waals surface area contributed by atoms with Gasteiger partial charge in [-0.3, -0.25) is 0 Å². The van der Waals surface area contributed by atoms with Crippen LogP contribution in [0, 0.1) is 0 Å². The van der Waals surface area contributed by atoms with Crippen LogP contribution >= 0.6 is 0 Å². The summed E-state index contributed by atoms with van der Waals surface area (Å²) < 4.78 is 5.62. The van der Waals surface area contributed by atoms with E-state index in [-0.39, 0.29) is 0 Å². The Morgan fingerprint density at radius 2 is 1.50 bits per heavy atom. The van der Waals surface area contributed by atoms with E-state index in [0.717, 1.165) is 6.42 Å². The molecule has 0 amide bonds. The summed E-state index contributed by atoms with van der Waals surface area (Å²) in [5, 5.41) is 18.4. The largest absolute Gasteiger partial charge is 0.494 e. The quantitative estimate of drug-likeness (QED) is 0.483. The molecule has 3 nitrogen and oxygen atoms in total. The molecule has 112 valence electrons. The van der Waals surface area contributed by atoms with Gasteiger partial charge in [-0.2, -0.15) is 0 Å². The molecule has 0 radical (unpaired) electrons. The van der Waals surface area contributed by atoms with Crippen molar-refractivity contribution in [1.82, 2.24) is 0 Å². The summed E-state index contributed by atoms with van der Waals surface area (Å²) in [6, 6.07) is 7.07. The lowest BCUT2D eigenvalue weighted by molar-refractivity contribution is 0.304. The van der Waals surface area contributed by atoms with Gasteiger partial charge in [0.1, 0.15) is 5.75 Å². The molecule has 0 atom stereocenters. The second-order valence-electron chi connectivity index (χ2n) is 5.23. The topological polar surface area (TPSA) is 49.7 Å². The van der Waals surface area contributed by atoms with Crippen molar-refractivity contribution in [2.24, 2.45) is 0 Å². The summed E-state index contributed by atoms with van der Waals surface area (Å²) in [7, 11) is -1.47. The van der Waals surface area contributed by atoms with E-state index in [1.54, 1.807) is 18.2 Å². The minimum Gasteiger partial charge on any atom is -0.494 e. The molecule has 0 saturated carbocycles. The van der Waals surface area contributed by atoms with Gasteiger partial charge >= 0.3 is 7.12 Å². The second-order valence-corrected chi connectivity index (χ2v) is 5.23. The molecule has 0 aromatic heterocycles. The van der Waals surface area contributed by atoms with Crippen LogP contribution in [0.2, 0.25) is 0 Å².